The lowest BCUT2D eigenvalue weighted by molar-refractivity contribution is -0.158. The van der Waals surface area contributed by atoms with Gasteiger partial charge in [0, 0.05) is 11.4 Å². The van der Waals surface area contributed by atoms with Crippen LogP contribution in [-0.2, 0) is 28.6 Å². The number of hydrogen-bond acceptors (Lipinski definition) is 8. The highest BCUT2D eigenvalue weighted by molar-refractivity contribution is 5.99. The Morgan fingerprint density at radius 2 is 1.27 bits per heavy atom. The van der Waals surface area contributed by atoms with Crippen molar-refractivity contribution in [3.63, 3.8) is 0 Å². The van der Waals surface area contributed by atoms with Gasteiger partial charge in [0.25, 0.3) is 0 Å². The number of carbonyl (C=O) groups excluding carboxylic acids is 3. The normalized spacial score (nSPS) is 14.5. The van der Waals surface area contributed by atoms with E-state index >= 15 is 0 Å². The first kappa shape index (κ1) is 26.0. The zero-order valence-corrected chi connectivity index (χ0v) is 20.4. The Morgan fingerprint density at radius 1 is 0.818 bits per heavy atom. The van der Waals surface area contributed by atoms with Gasteiger partial charge >= 0.3 is 17.9 Å². The lowest BCUT2D eigenvalue weighted by atomic mass is 9.80. The Bertz CT molecular complexity index is 917. The van der Waals surface area contributed by atoms with Crippen molar-refractivity contribution in [2.75, 3.05) is 19.8 Å². The molecule has 0 aliphatic carbocycles. The molecule has 0 spiro atoms. The van der Waals surface area contributed by atoms with E-state index < -0.39 is 29.4 Å². The van der Waals surface area contributed by atoms with Crippen LogP contribution in [0.2, 0.25) is 0 Å². The highest BCUT2D eigenvalue weighted by Gasteiger charge is 2.38. The quantitative estimate of drug-likeness (QED) is 0.440. The first-order valence-electron chi connectivity index (χ1n) is 11.1. The molecule has 33 heavy (non-hydrogen) atoms. The molecule has 0 aromatic heterocycles. The van der Waals surface area contributed by atoms with Gasteiger partial charge in [0.05, 0.1) is 36.9 Å². The SMILES string of the molecule is CCOC(=O)C1=C(C)NC(C)=C(C(=O)OCC)C1c1ccc(OC(C)(C)C(=O)OCC)cc1. The minimum absolute atomic E-state index is 0.204. The topological polar surface area (TPSA) is 100 Å². The molecule has 1 aliphatic rings. The fourth-order valence-electron chi connectivity index (χ4n) is 3.66. The number of benzene rings is 1. The molecule has 0 atom stereocenters. The fraction of sp³-hybridized carbons (Fsp3) is 0.480. The molecular formula is C25H33NO7. The molecule has 0 bridgehead atoms. The Labute approximate surface area is 194 Å². The summed E-state index contributed by atoms with van der Waals surface area (Å²) in [6, 6.07) is 6.89. The van der Waals surface area contributed by atoms with Crippen molar-refractivity contribution in [2.24, 2.45) is 0 Å². The molecule has 2 rings (SSSR count). The van der Waals surface area contributed by atoms with Gasteiger partial charge in [0.2, 0.25) is 0 Å². The number of dihydropyridines is 1. The maximum Gasteiger partial charge on any atom is 0.349 e. The number of rotatable bonds is 9. The Morgan fingerprint density at radius 3 is 1.70 bits per heavy atom. The van der Waals surface area contributed by atoms with E-state index in [-0.39, 0.29) is 19.8 Å². The van der Waals surface area contributed by atoms with Crippen LogP contribution in [0.15, 0.2) is 46.8 Å². The molecule has 0 fully saturated rings. The van der Waals surface area contributed by atoms with Crippen LogP contribution in [0.1, 0.15) is 59.9 Å². The molecule has 0 amide bonds. The van der Waals surface area contributed by atoms with E-state index in [4.69, 9.17) is 18.9 Å². The van der Waals surface area contributed by atoms with Gasteiger partial charge in [-0.15, -0.1) is 0 Å². The van der Waals surface area contributed by atoms with Crippen LogP contribution in [0.4, 0.5) is 0 Å². The summed E-state index contributed by atoms with van der Waals surface area (Å²) in [6.45, 7) is 12.6. The molecule has 8 nitrogen and oxygen atoms in total. The summed E-state index contributed by atoms with van der Waals surface area (Å²) in [5.41, 5.74) is 1.39. The van der Waals surface area contributed by atoms with Gasteiger partial charge in [0.15, 0.2) is 5.60 Å². The van der Waals surface area contributed by atoms with Crippen molar-refractivity contribution in [3.8, 4) is 5.75 Å². The molecule has 0 radical (unpaired) electrons. The van der Waals surface area contributed by atoms with Crippen molar-refractivity contribution in [1.29, 1.82) is 0 Å². The summed E-state index contributed by atoms with van der Waals surface area (Å²) in [7, 11) is 0. The number of nitrogens with one attached hydrogen (secondary N) is 1. The molecule has 8 heteroatoms. The summed E-state index contributed by atoms with van der Waals surface area (Å²) >= 11 is 0. The van der Waals surface area contributed by atoms with E-state index in [0.717, 1.165) is 0 Å². The van der Waals surface area contributed by atoms with Crippen LogP contribution >= 0.6 is 0 Å². The van der Waals surface area contributed by atoms with E-state index in [9.17, 15) is 14.4 Å². The predicted molar refractivity (Wildman–Crippen MR) is 122 cm³/mol. The Hall–Kier alpha value is -3.29. The van der Waals surface area contributed by atoms with E-state index in [0.29, 0.717) is 33.9 Å². The highest BCUT2D eigenvalue weighted by atomic mass is 16.6. The smallest absolute Gasteiger partial charge is 0.349 e. The maximum atomic E-state index is 12.8. The van der Waals surface area contributed by atoms with Crippen LogP contribution in [0, 0.1) is 0 Å². The average Bonchev–Trinajstić information content (AvgIpc) is 2.74. The second kappa shape index (κ2) is 11.0. The predicted octanol–water partition coefficient (Wildman–Crippen LogP) is 3.77. The number of esters is 3. The number of allylic oxidation sites excluding steroid dienone is 2. The molecule has 1 heterocycles. The van der Waals surface area contributed by atoms with Crippen molar-refractivity contribution < 1.29 is 33.3 Å². The highest BCUT2D eigenvalue weighted by Crippen LogP contribution is 2.40. The minimum atomic E-state index is -1.18. The lowest BCUT2D eigenvalue weighted by Crippen LogP contribution is -2.39. The summed E-state index contributed by atoms with van der Waals surface area (Å²) in [5, 5.41) is 3.11. The van der Waals surface area contributed by atoms with Gasteiger partial charge in [-0.1, -0.05) is 12.1 Å². The lowest BCUT2D eigenvalue weighted by Gasteiger charge is -2.30. The third-order valence-corrected chi connectivity index (χ3v) is 5.10. The molecule has 180 valence electrons. The Kier molecular flexibility index (Phi) is 8.68. The number of ether oxygens (including phenoxy) is 4. The number of hydrogen-bond donors (Lipinski definition) is 1. The standard InChI is InChI=1S/C25H33NO7/c1-8-30-22(27)19-15(4)26-16(5)20(23(28)31-9-2)21(19)17-11-13-18(14-12-17)33-25(6,7)24(29)32-10-3/h11-14,21,26H,8-10H2,1-7H3. The van der Waals surface area contributed by atoms with Gasteiger partial charge < -0.3 is 24.3 Å². The van der Waals surface area contributed by atoms with E-state index in [2.05, 4.69) is 5.32 Å². The second-order valence-corrected chi connectivity index (χ2v) is 7.98. The summed E-state index contributed by atoms with van der Waals surface area (Å²) in [4.78, 5) is 37.8. The minimum Gasteiger partial charge on any atom is -0.476 e. The largest absolute Gasteiger partial charge is 0.476 e. The third-order valence-electron chi connectivity index (χ3n) is 5.10. The van der Waals surface area contributed by atoms with Crippen molar-refractivity contribution in [2.45, 2.75) is 60.0 Å². The van der Waals surface area contributed by atoms with Gasteiger partial charge in [-0.05, 0) is 66.2 Å². The van der Waals surface area contributed by atoms with E-state index in [1.807, 2.05) is 0 Å². The van der Waals surface area contributed by atoms with E-state index in [1.54, 1.807) is 72.7 Å². The molecule has 0 saturated carbocycles. The monoisotopic (exact) mass is 459 g/mol. The number of carbonyl (C=O) groups is 3. The second-order valence-electron chi connectivity index (χ2n) is 7.98. The maximum absolute atomic E-state index is 12.8. The van der Waals surface area contributed by atoms with Gasteiger partial charge in [-0.2, -0.15) is 0 Å². The van der Waals surface area contributed by atoms with Crippen LogP contribution < -0.4 is 10.1 Å². The third kappa shape index (κ3) is 5.94. The average molecular weight is 460 g/mol. The molecule has 0 saturated heterocycles. The van der Waals surface area contributed by atoms with Crippen LogP contribution in [0.5, 0.6) is 5.75 Å². The van der Waals surface area contributed by atoms with Crippen molar-refractivity contribution in [3.05, 3.63) is 52.4 Å². The summed E-state index contributed by atoms with van der Waals surface area (Å²) in [6.07, 6.45) is 0. The summed E-state index contributed by atoms with van der Waals surface area (Å²) < 4.78 is 21.5. The van der Waals surface area contributed by atoms with Gasteiger partial charge in [-0.3, -0.25) is 0 Å². The van der Waals surface area contributed by atoms with Crippen LogP contribution in [-0.4, -0.2) is 43.3 Å². The van der Waals surface area contributed by atoms with Crippen molar-refractivity contribution >= 4 is 17.9 Å². The first-order chi connectivity index (χ1) is 15.6. The zero-order chi connectivity index (χ0) is 24.8. The Balaban J connectivity index is 2.48. The van der Waals surface area contributed by atoms with Crippen LogP contribution in [0.25, 0.3) is 0 Å². The molecule has 0 unspecified atom stereocenters. The fourth-order valence-corrected chi connectivity index (χ4v) is 3.66. The summed E-state index contributed by atoms with van der Waals surface area (Å²) in [5.74, 6) is -1.73. The zero-order valence-electron chi connectivity index (χ0n) is 20.4. The van der Waals surface area contributed by atoms with Crippen molar-refractivity contribution in [1.82, 2.24) is 5.32 Å². The van der Waals surface area contributed by atoms with Gasteiger partial charge in [-0.25, -0.2) is 14.4 Å². The molecule has 1 aromatic carbocycles. The van der Waals surface area contributed by atoms with Crippen LogP contribution in [0.3, 0.4) is 0 Å². The first-order valence-corrected chi connectivity index (χ1v) is 11.1. The molecular weight excluding hydrogens is 426 g/mol. The van der Waals surface area contributed by atoms with Gasteiger partial charge in [0.1, 0.15) is 5.75 Å². The molecule has 1 N–H and O–H groups in total. The molecule has 1 aromatic rings. The molecule has 1 aliphatic heterocycles. The van der Waals surface area contributed by atoms with E-state index in [1.165, 1.54) is 0 Å².